The monoisotopic (exact) mass is 400 g/mol. The van der Waals surface area contributed by atoms with E-state index >= 15 is 0 Å². The molecule has 0 radical (unpaired) electrons. The van der Waals surface area contributed by atoms with Gasteiger partial charge < -0.3 is 10.1 Å². The molecule has 0 saturated carbocycles. The number of thiophene rings is 1. The van der Waals surface area contributed by atoms with Crippen LogP contribution in [0.15, 0.2) is 24.3 Å². The molecule has 1 aromatic heterocycles. The molecule has 2 rings (SSSR count). The molecule has 3 amide bonds. The number of hydrogen-bond donors (Lipinski definition) is 2. The standard InChI is InChI=1S/C17H15F3N2O4S/c1-8-9(2)27-15(12(8)14(24)22-16(25)26-3)21-13(23)10-5-4-6-11(7-10)17(18,19)20/h4-7H,1-3H3,(H,21,23)(H,22,24,25). The van der Waals surface area contributed by atoms with E-state index in [0.29, 0.717) is 10.4 Å². The zero-order valence-electron chi connectivity index (χ0n) is 14.5. The summed E-state index contributed by atoms with van der Waals surface area (Å²) in [6, 6.07) is 3.92. The maximum absolute atomic E-state index is 12.8. The minimum absolute atomic E-state index is 0.0447. The molecular weight excluding hydrogens is 385 g/mol. The summed E-state index contributed by atoms with van der Waals surface area (Å²) in [5.41, 5.74) is -0.603. The van der Waals surface area contributed by atoms with Gasteiger partial charge in [-0.3, -0.25) is 14.9 Å². The third-order valence-electron chi connectivity index (χ3n) is 3.69. The first-order valence-electron chi connectivity index (χ1n) is 7.52. The Bertz CT molecular complexity index is 906. The van der Waals surface area contributed by atoms with E-state index in [0.717, 1.165) is 36.6 Å². The van der Waals surface area contributed by atoms with Gasteiger partial charge in [0.2, 0.25) is 0 Å². The molecule has 6 nitrogen and oxygen atoms in total. The van der Waals surface area contributed by atoms with Crippen molar-refractivity contribution >= 4 is 34.2 Å². The molecule has 27 heavy (non-hydrogen) atoms. The Labute approximate surface area is 156 Å². The molecule has 0 bridgehead atoms. The van der Waals surface area contributed by atoms with Crippen molar-refractivity contribution in [3.63, 3.8) is 0 Å². The van der Waals surface area contributed by atoms with E-state index < -0.39 is 29.6 Å². The van der Waals surface area contributed by atoms with E-state index in [2.05, 4.69) is 10.1 Å². The largest absolute Gasteiger partial charge is 0.453 e. The van der Waals surface area contributed by atoms with Gasteiger partial charge in [0.1, 0.15) is 5.00 Å². The Morgan fingerprint density at radius 2 is 1.78 bits per heavy atom. The summed E-state index contributed by atoms with van der Waals surface area (Å²) < 4.78 is 42.8. The highest BCUT2D eigenvalue weighted by Gasteiger charge is 2.31. The minimum Gasteiger partial charge on any atom is -0.453 e. The van der Waals surface area contributed by atoms with Crippen LogP contribution >= 0.6 is 11.3 Å². The third-order valence-corrected chi connectivity index (χ3v) is 4.82. The molecular formula is C17H15F3N2O4S. The molecule has 2 N–H and O–H groups in total. The molecule has 1 heterocycles. The van der Waals surface area contributed by atoms with Gasteiger partial charge >= 0.3 is 12.3 Å². The van der Waals surface area contributed by atoms with Crippen molar-refractivity contribution in [2.24, 2.45) is 0 Å². The second-order valence-corrected chi connectivity index (χ2v) is 6.69. The van der Waals surface area contributed by atoms with Crippen molar-refractivity contribution in [1.29, 1.82) is 0 Å². The Kier molecular flexibility index (Phi) is 5.89. The van der Waals surface area contributed by atoms with Gasteiger partial charge in [-0.05, 0) is 37.6 Å². The summed E-state index contributed by atoms with van der Waals surface area (Å²) in [6.07, 6.45) is -5.56. The molecule has 0 fully saturated rings. The van der Waals surface area contributed by atoms with Crippen molar-refractivity contribution in [1.82, 2.24) is 5.32 Å². The predicted molar refractivity (Wildman–Crippen MR) is 93.1 cm³/mol. The first-order chi connectivity index (χ1) is 12.5. The maximum atomic E-state index is 12.8. The van der Waals surface area contributed by atoms with Gasteiger partial charge in [-0.15, -0.1) is 11.3 Å². The van der Waals surface area contributed by atoms with Crippen LogP contribution < -0.4 is 10.6 Å². The number of hydrogen-bond acceptors (Lipinski definition) is 5. The van der Waals surface area contributed by atoms with Crippen LogP contribution in [-0.2, 0) is 10.9 Å². The molecule has 2 aromatic rings. The van der Waals surface area contributed by atoms with Gasteiger partial charge in [-0.2, -0.15) is 13.2 Å². The Balaban J connectivity index is 2.32. The van der Waals surface area contributed by atoms with Crippen LogP contribution in [0, 0.1) is 13.8 Å². The van der Waals surface area contributed by atoms with Crippen LogP contribution in [0.4, 0.5) is 23.0 Å². The minimum atomic E-state index is -4.59. The van der Waals surface area contributed by atoms with Crippen LogP contribution in [0.5, 0.6) is 0 Å². The van der Waals surface area contributed by atoms with Gasteiger partial charge in [0.25, 0.3) is 11.8 Å². The van der Waals surface area contributed by atoms with Crippen molar-refractivity contribution in [2.45, 2.75) is 20.0 Å². The van der Waals surface area contributed by atoms with Crippen LogP contribution in [0.1, 0.15) is 36.7 Å². The van der Waals surface area contributed by atoms with E-state index in [1.165, 1.54) is 6.07 Å². The van der Waals surface area contributed by atoms with Crippen LogP contribution in [0.2, 0.25) is 0 Å². The molecule has 0 saturated heterocycles. The molecule has 144 valence electrons. The van der Waals surface area contributed by atoms with Gasteiger partial charge in [0.15, 0.2) is 0 Å². The topological polar surface area (TPSA) is 84.5 Å². The number of alkyl halides is 3. The Morgan fingerprint density at radius 3 is 2.37 bits per heavy atom. The average Bonchev–Trinajstić information content (AvgIpc) is 2.87. The lowest BCUT2D eigenvalue weighted by atomic mass is 10.1. The summed E-state index contributed by atoms with van der Waals surface area (Å²) in [7, 11) is 1.09. The zero-order chi connectivity index (χ0) is 20.4. The number of halogens is 3. The number of anilines is 1. The normalized spacial score (nSPS) is 11.0. The second kappa shape index (κ2) is 7.78. The molecule has 0 aliphatic rings. The number of benzene rings is 1. The van der Waals surface area contributed by atoms with Gasteiger partial charge in [-0.25, -0.2) is 4.79 Å². The van der Waals surface area contributed by atoms with E-state index in [1.807, 2.05) is 5.32 Å². The molecule has 0 aliphatic heterocycles. The van der Waals surface area contributed by atoms with Crippen LogP contribution in [-0.4, -0.2) is 25.0 Å². The highest BCUT2D eigenvalue weighted by atomic mass is 32.1. The number of carbonyl (C=O) groups excluding carboxylic acids is 3. The quantitative estimate of drug-likeness (QED) is 0.811. The summed E-state index contributed by atoms with van der Waals surface area (Å²) in [5.74, 6) is -1.60. The molecule has 0 spiro atoms. The van der Waals surface area contributed by atoms with Crippen LogP contribution in [0.25, 0.3) is 0 Å². The average molecular weight is 400 g/mol. The highest BCUT2D eigenvalue weighted by Crippen LogP contribution is 2.33. The fourth-order valence-electron chi connectivity index (χ4n) is 2.21. The fraction of sp³-hybridized carbons (Fsp3) is 0.235. The highest BCUT2D eigenvalue weighted by molar-refractivity contribution is 7.16. The van der Waals surface area contributed by atoms with Crippen molar-refractivity contribution in [3.8, 4) is 0 Å². The lowest BCUT2D eigenvalue weighted by Gasteiger charge is -2.10. The zero-order valence-corrected chi connectivity index (χ0v) is 15.3. The second-order valence-electron chi connectivity index (χ2n) is 5.47. The maximum Gasteiger partial charge on any atom is 0.416 e. The summed E-state index contributed by atoms with van der Waals surface area (Å²) >= 11 is 1.07. The van der Waals surface area contributed by atoms with Gasteiger partial charge in [0.05, 0.1) is 18.2 Å². The third kappa shape index (κ3) is 4.64. The molecule has 10 heteroatoms. The van der Waals surface area contributed by atoms with Crippen LogP contribution in [0.3, 0.4) is 0 Å². The SMILES string of the molecule is COC(=O)NC(=O)c1c(NC(=O)c2cccc(C(F)(F)F)c2)sc(C)c1C. The number of imide groups is 1. The lowest BCUT2D eigenvalue weighted by molar-refractivity contribution is -0.137. The van der Waals surface area contributed by atoms with E-state index in [1.54, 1.807) is 13.8 Å². The van der Waals surface area contributed by atoms with E-state index in [-0.39, 0.29) is 16.1 Å². The van der Waals surface area contributed by atoms with Crippen molar-refractivity contribution in [3.05, 3.63) is 51.4 Å². The molecule has 0 aliphatic carbocycles. The summed E-state index contributed by atoms with van der Waals surface area (Å²) in [6.45, 7) is 3.33. The number of methoxy groups -OCH3 is 1. The molecule has 0 unspecified atom stereocenters. The van der Waals surface area contributed by atoms with Gasteiger partial charge in [-0.1, -0.05) is 6.07 Å². The number of carbonyl (C=O) groups is 3. The lowest BCUT2D eigenvalue weighted by Crippen LogP contribution is -2.31. The Morgan fingerprint density at radius 1 is 1.11 bits per heavy atom. The van der Waals surface area contributed by atoms with Crippen molar-refractivity contribution in [2.75, 3.05) is 12.4 Å². The smallest absolute Gasteiger partial charge is 0.416 e. The van der Waals surface area contributed by atoms with E-state index in [9.17, 15) is 27.6 Å². The number of ether oxygens (including phenoxy) is 1. The first kappa shape index (κ1) is 20.4. The molecule has 0 atom stereocenters. The van der Waals surface area contributed by atoms with E-state index in [4.69, 9.17) is 0 Å². The number of amides is 3. The van der Waals surface area contributed by atoms with Gasteiger partial charge in [0, 0.05) is 10.4 Å². The predicted octanol–water partition coefficient (Wildman–Crippen LogP) is 4.13. The van der Waals surface area contributed by atoms with Crippen molar-refractivity contribution < 1.29 is 32.3 Å². The number of nitrogens with one attached hydrogen (secondary N) is 2. The number of alkyl carbamates (subject to hydrolysis) is 1. The number of aryl methyl sites for hydroxylation is 1. The Hall–Kier alpha value is -2.88. The summed E-state index contributed by atoms with van der Waals surface area (Å²) in [4.78, 5) is 36.6. The molecule has 1 aromatic carbocycles. The fourth-order valence-corrected chi connectivity index (χ4v) is 3.26. The first-order valence-corrected chi connectivity index (χ1v) is 8.34. The number of rotatable bonds is 3. The summed E-state index contributed by atoms with van der Waals surface area (Å²) in [5, 5.41) is 4.55.